The van der Waals surface area contributed by atoms with E-state index in [0.717, 1.165) is 39.1 Å². The van der Waals surface area contributed by atoms with Crippen LogP contribution in [0.4, 0.5) is 0 Å². The Morgan fingerprint density at radius 2 is 2.06 bits per heavy atom. The highest BCUT2D eigenvalue weighted by molar-refractivity contribution is 5.69. The molecule has 4 heteroatoms. The molecule has 0 aromatic heterocycles. The van der Waals surface area contributed by atoms with Crippen molar-refractivity contribution in [2.45, 2.75) is 32.1 Å². The Labute approximate surface area is 103 Å². The van der Waals surface area contributed by atoms with Gasteiger partial charge in [0.2, 0.25) is 0 Å². The summed E-state index contributed by atoms with van der Waals surface area (Å²) in [6, 6.07) is 0. The predicted molar refractivity (Wildman–Crippen MR) is 64.7 cm³/mol. The lowest BCUT2D eigenvalue weighted by atomic mass is 9.93. The van der Waals surface area contributed by atoms with E-state index in [1.54, 1.807) is 0 Å². The van der Waals surface area contributed by atoms with Crippen LogP contribution >= 0.6 is 0 Å². The molecule has 0 aromatic rings. The highest BCUT2D eigenvalue weighted by atomic mass is 16.5. The molecule has 0 aromatic carbocycles. The van der Waals surface area contributed by atoms with Crippen LogP contribution in [0.3, 0.4) is 0 Å². The van der Waals surface area contributed by atoms with Crippen LogP contribution in [0.1, 0.15) is 32.1 Å². The molecule has 0 radical (unpaired) electrons. The van der Waals surface area contributed by atoms with E-state index in [0.29, 0.717) is 24.9 Å². The summed E-state index contributed by atoms with van der Waals surface area (Å²) < 4.78 is 10.5. The first kappa shape index (κ1) is 12.8. The van der Waals surface area contributed by atoms with Crippen molar-refractivity contribution < 1.29 is 14.3 Å². The van der Waals surface area contributed by atoms with Gasteiger partial charge in [0.1, 0.15) is 0 Å². The van der Waals surface area contributed by atoms with E-state index in [4.69, 9.17) is 9.47 Å². The van der Waals surface area contributed by atoms with Gasteiger partial charge in [-0.15, -0.1) is 0 Å². The Balaban J connectivity index is 1.53. The highest BCUT2D eigenvalue weighted by Crippen LogP contribution is 2.18. The van der Waals surface area contributed by atoms with E-state index in [1.807, 2.05) is 0 Å². The topological polar surface area (TPSA) is 47.6 Å². The first-order valence-electron chi connectivity index (χ1n) is 6.78. The summed E-state index contributed by atoms with van der Waals surface area (Å²) >= 11 is 0. The average Bonchev–Trinajstić information content (AvgIpc) is 2.88. The van der Waals surface area contributed by atoms with Gasteiger partial charge in [0.25, 0.3) is 0 Å². The first-order chi connectivity index (χ1) is 8.34. The van der Waals surface area contributed by atoms with Crippen LogP contribution in [-0.4, -0.2) is 38.9 Å². The SMILES string of the molecule is O=C(CCC1CCNCC1)OCC1CCOC1. The Morgan fingerprint density at radius 1 is 1.24 bits per heavy atom. The molecule has 1 unspecified atom stereocenters. The maximum atomic E-state index is 11.6. The lowest BCUT2D eigenvalue weighted by Gasteiger charge is -2.22. The molecule has 2 aliphatic heterocycles. The van der Waals surface area contributed by atoms with Gasteiger partial charge in [0, 0.05) is 18.9 Å². The largest absolute Gasteiger partial charge is 0.465 e. The van der Waals surface area contributed by atoms with E-state index in [1.165, 1.54) is 12.8 Å². The lowest BCUT2D eigenvalue weighted by Crippen LogP contribution is -2.28. The Bertz CT molecular complexity index is 233. The standard InChI is InChI=1S/C13H23NO3/c15-13(17-10-12-5-8-16-9-12)2-1-11-3-6-14-7-4-11/h11-12,14H,1-10H2. The van der Waals surface area contributed by atoms with Crippen molar-refractivity contribution in [2.75, 3.05) is 32.9 Å². The highest BCUT2D eigenvalue weighted by Gasteiger charge is 2.19. The summed E-state index contributed by atoms with van der Waals surface area (Å²) in [6.45, 7) is 4.31. The quantitative estimate of drug-likeness (QED) is 0.738. The molecule has 0 aliphatic carbocycles. The molecular weight excluding hydrogens is 218 g/mol. The molecule has 2 saturated heterocycles. The summed E-state index contributed by atoms with van der Waals surface area (Å²) in [7, 11) is 0. The molecule has 4 nitrogen and oxygen atoms in total. The summed E-state index contributed by atoms with van der Waals surface area (Å²) in [6.07, 6.45) is 5.00. The van der Waals surface area contributed by atoms with Crippen LogP contribution in [0.25, 0.3) is 0 Å². The Kier molecular flexibility index (Phi) is 5.26. The number of nitrogens with one attached hydrogen (secondary N) is 1. The zero-order valence-corrected chi connectivity index (χ0v) is 10.5. The average molecular weight is 241 g/mol. The predicted octanol–water partition coefficient (Wildman–Crippen LogP) is 1.35. The third kappa shape index (κ3) is 4.64. The maximum absolute atomic E-state index is 11.6. The van der Waals surface area contributed by atoms with E-state index in [2.05, 4.69) is 5.32 Å². The van der Waals surface area contributed by atoms with Crippen molar-refractivity contribution in [1.82, 2.24) is 5.32 Å². The Morgan fingerprint density at radius 3 is 2.76 bits per heavy atom. The fourth-order valence-corrected chi connectivity index (χ4v) is 2.49. The van der Waals surface area contributed by atoms with Gasteiger partial charge < -0.3 is 14.8 Å². The second-order valence-corrected chi connectivity index (χ2v) is 5.14. The molecule has 0 amide bonds. The zero-order valence-electron chi connectivity index (χ0n) is 10.5. The fourth-order valence-electron chi connectivity index (χ4n) is 2.49. The van der Waals surface area contributed by atoms with Gasteiger partial charge in [-0.05, 0) is 44.7 Å². The van der Waals surface area contributed by atoms with Crippen LogP contribution in [0.2, 0.25) is 0 Å². The van der Waals surface area contributed by atoms with E-state index >= 15 is 0 Å². The third-order valence-electron chi connectivity index (χ3n) is 3.72. The number of hydrogen-bond acceptors (Lipinski definition) is 4. The number of hydrogen-bond donors (Lipinski definition) is 1. The molecule has 98 valence electrons. The monoisotopic (exact) mass is 241 g/mol. The zero-order chi connectivity index (χ0) is 11.9. The molecule has 2 rings (SSSR count). The van der Waals surface area contributed by atoms with Crippen molar-refractivity contribution in [3.05, 3.63) is 0 Å². The van der Waals surface area contributed by atoms with Gasteiger partial charge in [-0.1, -0.05) is 0 Å². The van der Waals surface area contributed by atoms with E-state index < -0.39 is 0 Å². The van der Waals surface area contributed by atoms with Crippen molar-refractivity contribution >= 4 is 5.97 Å². The second kappa shape index (κ2) is 6.97. The molecular formula is C13H23NO3. The minimum absolute atomic E-state index is 0.0320. The van der Waals surface area contributed by atoms with Crippen LogP contribution in [0.15, 0.2) is 0 Å². The number of carbonyl (C=O) groups excluding carboxylic acids is 1. The molecule has 2 heterocycles. The number of ether oxygens (including phenoxy) is 2. The minimum Gasteiger partial charge on any atom is -0.465 e. The third-order valence-corrected chi connectivity index (χ3v) is 3.72. The van der Waals surface area contributed by atoms with Gasteiger partial charge in [-0.25, -0.2) is 0 Å². The summed E-state index contributed by atoms with van der Waals surface area (Å²) in [5.41, 5.74) is 0. The molecule has 0 spiro atoms. The molecule has 2 fully saturated rings. The summed E-state index contributed by atoms with van der Waals surface area (Å²) in [5, 5.41) is 3.33. The van der Waals surface area contributed by atoms with Crippen LogP contribution in [-0.2, 0) is 14.3 Å². The van der Waals surface area contributed by atoms with Crippen LogP contribution in [0.5, 0.6) is 0 Å². The number of piperidine rings is 1. The van der Waals surface area contributed by atoms with Crippen LogP contribution < -0.4 is 5.32 Å². The number of esters is 1. The second-order valence-electron chi connectivity index (χ2n) is 5.14. The number of carbonyl (C=O) groups is 1. The summed E-state index contributed by atoms with van der Waals surface area (Å²) in [4.78, 5) is 11.6. The van der Waals surface area contributed by atoms with Gasteiger partial charge in [-0.2, -0.15) is 0 Å². The molecule has 1 N–H and O–H groups in total. The lowest BCUT2D eigenvalue weighted by molar-refractivity contribution is -0.145. The minimum atomic E-state index is -0.0320. The van der Waals surface area contributed by atoms with Crippen molar-refractivity contribution in [2.24, 2.45) is 11.8 Å². The number of rotatable bonds is 5. The van der Waals surface area contributed by atoms with Crippen molar-refractivity contribution in [3.8, 4) is 0 Å². The van der Waals surface area contributed by atoms with E-state index in [9.17, 15) is 4.79 Å². The van der Waals surface area contributed by atoms with Crippen molar-refractivity contribution in [1.29, 1.82) is 0 Å². The molecule has 0 bridgehead atoms. The molecule has 2 aliphatic rings. The van der Waals surface area contributed by atoms with Crippen molar-refractivity contribution in [3.63, 3.8) is 0 Å². The fraction of sp³-hybridized carbons (Fsp3) is 0.923. The van der Waals surface area contributed by atoms with Gasteiger partial charge >= 0.3 is 5.97 Å². The maximum Gasteiger partial charge on any atom is 0.305 e. The molecule has 1 atom stereocenters. The van der Waals surface area contributed by atoms with Crippen LogP contribution in [0, 0.1) is 11.8 Å². The molecule has 17 heavy (non-hydrogen) atoms. The van der Waals surface area contributed by atoms with E-state index in [-0.39, 0.29) is 5.97 Å². The summed E-state index contributed by atoms with van der Waals surface area (Å²) in [5.74, 6) is 1.10. The smallest absolute Gasteiger partial charge is 0.305 e. The normalized spacial score (nSPS) is 26.0. The van der Waals surface area contributed by atoms with Gasteiger partial charge in [0.05, 0.1) is 13.2 Å². The Hall–Kier alpha value is -0.610. The van der Waals surface area contributed by atoms with Gasteiger partial charge in [-0.3, -0.25) is 4.79 Å². The molecule has 0 saturated carbocycles. The van der Waals surface area contributed by atoms with Gasteiger partial charge in [0.15, 0.2) is 0 Å². The first-order valence-corrected chi connectivity index (χ1v) is 6.78.